The van der Waals surface area contributed by atoms with E-state index in [0.29, 0.717) is 0 Å². The Morgan fingerprint density at radius 2 is 1.63 bits per heavy atom. The van der Waals surface area contributed by atoms with Crippen molar-refractivity contribution in [2.75, 3.05) is 6.61 Å². The van der Waals surface area contributed by atoms with Gasteiger partial charge in [0.05, 0.1) is 0 Å². The molecule has 0 saturated heterocycles. The first kappa shape index (κ1) is 15.7. The molecule has 2 aromatic rings. The van der Waals surface area contributed by atoms with Gasteiger partial charge in [0.25, 0.3) is 0 Å². The van der Waals surface area contributed by atoms with Gasteiger partial charge in [-0.1, -0.05) is 48.5 Å². The molecule has 0 aromatic heterocycles. The Balaban J connectivity index is 0.00000180. The van der Waals surface area contributed by atoms with Crippen molar-refractivity contribution in [1.82, 2.24) is 0 Å². The van der Waals surface area contributed by atoms with Gasteiger partial charge < -0.3 is 10.8 Å². The van der Waals surface area contributed by atoms with E-state index in [9.17, 15) is 0 Å². The smallest absolute Gasteiger partial charge is 0.0431 e. The second kappa shape index (κ2) is 7.95. The number of aliphatic hydroxyl groups is 1. The Morgan fingerprint density at radius 1 is 0.947 bits per heavy atom. The Morgan fingerprint density at radius 3 is 2.32 bits per heavy atom. The summed E-state index contributed by atoms with van der Waals surface area (Å²) in [6.45, 7) is 0.200. The third-order valence-electron chi connectivity index (χ3n) is 3.10. The number of halogens is 1. The molecule has 3 heteroatoms. The van der Waals surface area contributed by atoms with Crippen LogP contribution < -0.4 is 5.73 Å². The summed E-state index contributed by atoms with van der Waals surface area (Å²) in [5.41, 5.74) is 9.64. The second-order valence-corrected chi connectivity index (χ2v) is 4.46. The molecule has 0 spiro atoms. The molecule has 0 aliphatic heterocycles. The van der Waals surface area contributed by atoms with E-state index >= 15 is 0 Å². The largest absolute Gasteiger partial charge is 0.396 e. The summed E-state index contributed by atoms with van der Waals surface area (Å²) in [5, 5.41) is 8.84. The van der Waals surface area contributed by atoms with Crippen molar-refractivity contribution in [2.24, 2.45) is 5.73 Å². The zero-order valence-corrected chi connectivity index (χ0v) is 11.6. The summed E-state index contributed by atoms with van der Waals surface area (Å²) in [6, 6.07) is 18.6. The molecular weight excluding hydrogens is 258 g/mol. The summed E-state index contributed by atoms with van der Waals surface area (Å²) >= 11 is 0. The normalized spacial score (nSPS) is 11.7. The van der Waals surface area contributed by atoms with Gasteiger partial charge in [0.1, 0.15) is 0 Å². The monoisotopic (exact) mass is 277 g/mol. The van der Waals surface area contributed by atoms with Gasteiger partial charge in [-0.25, -0.2) is 0 Å². The van der Waals surface area contributed by atoms with Crippen molar-refractivity contribution in [1.29, 1.82) is 0 Å². The minimum Gasteiger partial charge on any atom is -0.396 e. The summed E-state index contributed by atoms with van der Waals surface area (Å²) in [4.78, 5) is 0. The topological polar surface area (TPSA) is 46.2 Å². The van der Waals surface area contributed by atoms with E-state index in [4.69, 9.17) is 10.8 Å². The fourth-order valence-electron chi connectivity index (χ4n) is 2.06. The van der Waals surface area contributed by atoms with Crippen molar-refractivity contribution < 1.29 is 5.11 Å². The molecule has 2 nitrogen and oxygen atoms in total. The van der Waals surface area contributed by atoms with Crippen LogP contribution in [0, 0.1) is 0 Å². The van der Waals surface area contributed by atoms with Crippen LogP contribution in [0.25, 0.3) is 11.1 Å². The zero-order valence-electron chi connectivity index (χ0n) is 10.8. The third-order valence-corrected chi connectivity index (χ3v) is 3.10. The van der Waals surface area contributed by atoms with Crippen molar-refractivity contribution >= 4 is 12.4 Å². The first-order valence-electron chi connectivity index (χ1n) is 6.33. The van der Waals surface area contributed by atoms with Crippen LogP contribution in [0.3, 0.4) is 0 Å². The zero-order chi connectivity index (χ0) is 12.8. The first-order chi connectivity index (χ1) is 8.81. The summed E-state index contributed by atoms with van der Waals surface area (Å²) in [7, 11) is 0. The fraction of sp³-hybridized carbons (Fsp3) is 0.250. The van der Waals surface area contributed by atoms with E-state index in [1.807, 2.05) is 24.3 Å². The van der Waals surface area contributed by atoms with Crippen molar-refractivity contribution in [2.45, 2.75) is 18.9 Å². The van der Waals surface area contributed by atoms with Gasteiger partial charge in [0, 0.05) is 12.6 Å². The number of hydrogen-bond acceptors (Lipinski definition) is 2. The Kier molecular flexibility index (Phi) is 6.57. The first-order valence-corrected chi connectivity index (χ1v) is 6.33. The van der Waals surface area contributed by atoms with Crippen molar-refractivity contribution in [3.05, 3.63) is 60.2 Å². The number of rotatable bonds is 5. The quantitative estimate of drug-likeness (QED) is 0.878. The maximum absolute atomic E-state index is 8.84. The van der Waals surface area contributed by atoms with Gasteiger partial charge in [-0.3, -0.25) is 0 Å². The molecule has 0 fully saturated rings. The number of hydrogen-bond donors (Lipinski definition) is 2. The lowest BCUT2D eigenvalue weighted by atomic mass is 9.98. The highest BCUT2D eigenvalue weighted by molar-refractivity contribution is 5.85. The summed E-state index contributed by atoms with van der Waals surface area (Å²) < 4.78 is 0. The summed E-state index contributed by atoms with van der Waals surface area (Å²) in [6.07, 6.45) is 1.56. The highest BCUT2D eigenvalue weighted by Crippen LogP contribution is 2.23. The maximum Gasteiger partial charge on any atom is 0.0431 e. The minimum absolute atomic E-state index is 0. The number of nitrogens with two attached hydrogens (primary N) is 1. The predicted molar refractivity (Wildman–Crippen MR) is 82.4 cm³/mol. The van der Waals surface area contributed by atoms with Gasteiger partial charge in [0.15, 0.2) is 0 Å². The molecule has 2 aromatic carbocycles. The molecule has 1 atom stereocenters. The van der Waals surface area contributed by atoms with Gasteiger partial charge >= 0.3 is 0 Å². The van der Waals surface area contributed by atoms with Crippen molar-refractivity contribution in [3.63, 3.8) is 0 Å². The molecule has 0 aliphatic rings. The molecule has 0 amide bonds. The molecule has 0 unspecified atom stereocenters. The van der Waals surface area contributed by atoms with Crippen LogP contribution in [0.1, 0.15) is 24.4 Å². The molecule has 19 heavy (non-hydrogen) atoms. The lowest BCUT2D eigenvalue weighted by molar-refractivity contribution is 0.280. The van der Waals surface area contributed by atoms with Crippen LogP contribution in [0.4, 0.5) is 0 Å². The van der Waals surface area contributed by atoms with E-state index in [1.165, 1.54) is 11.1 Å². The average molecular weight is 278 g/mol. The molecule has 0 radical (unpaired) electrons. The maximum atomic E-state index is 8.84. The second-order valence-electron chi connectivity index (χ2n) is 4.46. The predicted octanol–water partition coefficient (Wildman–Crippen LogP) is 3.55. The van der Waals surface area contributed by atoms with E-state index in [0.717, 1.165) is 18.4 Å². The van der Waals surface area contributed by atoms with E-state index in [2.05, 4.69) is 30.3 Å². The molecule has 2 rings (SSSR count). The van der Waals surface area contributed by atoms with Gasteiger partial charge in [0.2, 0.25) is 0 Å². The van der Waals surface area contributed by atoms with Gasteiger partial charge in [-0.05, 0) is 35.6 Å². The van der Waals surface area contributed by atoms with E-state index < -0.39 is 0 Å². The lowest BCUT2D eigenvalue weighted by Crippen LogP contribution is -2.10. The van der Waals surface area contributed by atoms with Crippen LogP contribution in [0.2, 0.25) is 0 Å². The Hall–Kier alpha value is -1.35. The molecule has 0 aliphatic carbocycles. The van der Waals surface area contributed by atoms with Crippen LogP contribution in [-0.4, -0.2) is 11.7 Å². The van der Waals surface area contributed by atoms with Crippen LogP contribution in [0.5, 0.6) is 0 Å². The molecule has 0 bridgehead atoms. The summed E-state index contributed by atoms with van der Waals surface area (Å²) in [5.74, 6) is 0. The van der Waals surface area contributed by atoms with Gasteiger partial charge in [-0.15, -0.1) is 12.4 Å². The highest BCUT2D eigenvalue weighted by atomic mass is 35.5. The van der Waals surface area contributed by atoms with Crippen molar-refractivity contribution in [3.8, 4) is 11.1 Å². The average Bonchev–Trinajstić information content (AvgIpc) is 2.46. The molecular formula is C16H20ClNO. The van der Waals surface area contributed by atoms with E-state index in [-0.39, 0.29) is 25.1 Å². The SMILES string of the molecule is Cl.N[C@H](CCCO)c1cccc(-c2ccccc2)c1. The molecule has 102 valence electrons. The fourth-order valence-corrected chi connectivity index (χ4v) is 2.06. The minimum atomic E-state index is 0. The van der Waals surface area contributed by atoms with Crippen LogP contribution >= 0.6 is 12.4 Å². The Labute approximate surface area is 120 Å². The van der Waals surface area contributed by atoms with Crippen LogP contribution in [0.15, 0.2) is 54.6 Å². The number of aliphatic hydroxyl groups excluding tert-OH is 1. The lowest BCUT2D eigenvalue weighted by Gasteiger charge is -2.12. The molecule has 0 saturated carbocycles. The van der Waals surface area contributed by atoms with Gasteiger partial charge in [-0.2, -0.15) is 0 Å². The van der Waals surface area contributed by atoms with Crippen LogP contribution in [-0.2, 0) is 0 Å². The Bertz CT molecular complexity index is 487. The van der Waals surface area contributed by atoms with E-state index in [1.54, 1.807) is 0 Å². The molecule has 0 heterocycles. The third kappa shape index (κ3) is 4.35. The standard InChI is InChI=1S/C16H19NO.ClH/c17-16(10-5-11-18)15-9-4-8-14(12-15)13-6-2-1-3-7-13;/h1-4,6-9,12,16,18H,5,10-11,17H2;1H/t16-;/m1./s1. The number of benzene rings is 2. The molecule has 3 N–H and O–H groups in total. The highest BCUT2D eigenvalue weighted by Gasteiger charge is 2.06.